The minimum Gasteiger partial charge on any atom is -0.265 e. The molecule has 2 rings (SSSR count). The van der Waals surface area contributed by atoms with Crippen LogP contribution in [-0.4, -0.2) is 9.78 Å². The third-order valence-corrected chi connectivity index (χ3v) is 2.56. The maximum Gasteiger partial charge on any atom is 0.0663 e. The fourth-order valence-electron chi connectivity index (χ4n) is 1.64. The summed E-state index contributed by atoms with van der Waals surface area (Å²) in [5.74, 6) is 0. The van der Waals surface area contributed by atoms with Crippen molar-refractivity contribution in [2.24, 2.45) is 0 Å². The summed E-state index contributed by atoms with van der Waals surface area (Å²) in [6, 6.07) is 9.94. The van der Waals surface area contributed by atoms with Gasteiger partial charge in [-0.05, 0) is 37.6 Å². The molecule has 0 saturated heterocycles. The van der Waals surface area contributed by atoms with Crippen LogP contribution in [0.3, 0.4) is 0 Å². The van der Waals surface area contributed by atoms with Crippen LogP contribution in [0.2, 0.25) is 5.02 Å². The first-order valence-corrected chi connectivity index (χ1v) is 5.28. The Morgan fingerprint density at radius 1 is 1.27 bits per heavy atom. The van der Waals surface area contributed by atoms with Crippen molar-refractivity contribution in [3.63, 3.8) is 0 Å². The van der Waals surface area contributed by atoms with Crippen LogP contribution in [0.25, 0.3) is 0 Å². The summed E-state index contributed by atoms with van der Waals surface area (Å²) in [6.07, 6.45) is 0. The minimum atomic E-state index is 0.772. The lowest BCUT2D eigenvalue weighted by Crippen LogP contribution is -2.03. The first-order valence-electron chi connectivity index (χ1n) is 4.90. The molecule has 0 aliphatic carbocycles. The van der Waals surface area contributed by atoms with Gasteiger partial charge in [0.25, 0.3) is 0 Å². The van der Waals surface area contributed by atoms with Crippen LogP contribution in [0.15, 0.2) is 30.3 Å². The second-order valence-corrected chi connectivity index (χ2v) is 4.15. The third kappa shape index (κ3) is 2.39. The van der Waals surface area contributed by atoms with Crippen molar-refractivity contribution >= 4 is 11.6 Å². The molecule has 0 amide bonds. The first kappa shape index (κ1) is 10.2. The molecule has 0 aliphatic rings. The van der Waals surface area contributed by atoms with Crippen LogP contribution in [0.4, 0.5) is 0 Å². The van der Waals surface area contributed by atoms with Gasteiger partial charge in [-0.2, -0.15) is 5.10 Å². The Morgan fingerprint density at radius 3 is 2.67 bits per heavy atom. The van der Waals surface area contributed by atoms with Crippen molar-refractivity contribution < 1.29 is 0 Å². The highest BCUT2D eigenvalue weighted by atomic mass is 35.5. The van der Waals surface area contributed by atoms with Crippen LogP contribution in [0, 0.1) is 13.8 Å². The van der Waals surface area contributed by atoms with Gasteiger partial charge >= 0.3 is 0 Å². The van der Waals surface area contributed by atoms with Crippen molar-refractivity contribution in [2.45, 2.75) is 20.4 Å². The predicted octanol–water partition coefficient (Wildman–Crippen LogP) is 3.20. The van der Waals surface area contributed by atoms with Gasteiger partial charge in [-0.1, -0.05) is 23.7 Å². The minimum absolute atomic E-state index is 0.772. The van der Waals surface area contributed by atoms with Crippen LogP contribution in [-0.2, 0) is 6.54 Å². The second kappa shape index (κ2) is 4.07. The van der Waals surface area contributed by atoms with Crippen molar-refractivity contribution in [3.8, 4) is 0 Å². The molecular weight excluding hydrogens is 208 g/mol. The quantitative estimate of drug-likeness (QED) is 0.760. The molecule has 0 unspecified atom stereocenters. The molecule has 2 nitrogen and oxygen atoms in total. The van der Waals surface area contributed by atoms with Crippen molar-refractivity contribution in [1.82, 2.24) is 9.78 Å². The highest BCUT2D eigenvalue weighted by Crippen LogP contribution is 2.12. The summed E-state index contributed by atoms with van der Waals surface area (Å²) >= 11 is 5.93. The number of benzene rings is 1. The molecule has 0 spiro atoms. The summed E-state index contributed by atoms with van der Waals surface area (Å²) in [5, 5.41) is 5.18. The normalized spacial score (nSPS) is 10.6. The number of aromatic nitrogens is 2. The molecule has 15 heavy (non-hydrogen) atoms. The van der Waals surface area contributed by atoms with Gasteiger partial charge in [0, 0.05) is 10.7 Å². The number of rotatable bonds is 2. The lowest BCUT2D eigenvalue weighted by atomic mass is 10.2. The zero-order valence-corrected chi connectivity index (χ0v) is 9.62. The van der Waals surface area contributed by atoms with E-state index in [-0.39, 0.29) is 0 Å². The monoisotopic (exact) mass is 220 g/mol. The second-order valence-electron chi connectivity index (χ2n) is 3.71. The fourth-order valence-corrected chi connectivity index (χ4v) is 1.86. The fraction of sp³-hybridized carbons (Fsp3) is 0.250. The largest absolute Gasteiger partial charge is 0.265 e. The van der Waals surface area contributed by atoms with Gasteiger partial charge < -0.3 is 0 Å². The summed E-state index contributed by atoms with van der Waals surface area (Å²) in [7, 11) is 0. The van der Waals surface area contributed by atoms with E-state index in [9.17, 15) is 0 Å². The number of hydrogen-bond acceptors (Lipinski definition) is 1. The van der Waals surface area contributed by atoms with Crippen molar-refractivity contribution in [3.05, 3.63) is 52.3 Å². The third-order valence-electron chi connectivity index (χ3n) is 2.32. The SMILES string of the molecule is Cc1cc(C)n(Cc2cccc(Cl)c2)n1. The van der Waals surface area contributed by atoms with E-state index < -0.39 is 0 Å². The van der Waals surface area contributed by atoms with Crippen LogP contribution < -0.4 is 0 Å². The van der Waals surface area contributed by atoms with E-state index in [2.05, 4.69) is 24.2 Å². The molecule has 0 saturated carbocycles. The summed E-state index contributed by atoms with van der Waals surface area (Å²) < 4.78 is 1.99. The molecule has 0 radical (unpaired) electrons. The Kier molecular flexibility index (Phi) is 2.78. The van der Waals surface area contributed by atoms with E-state index in [1.165, 1.54) is 11.3 Å². The molecule has 0 fully saturated rings. The van der Waals surface area contributed by atoms with E-state index in [0.29, 0.717) is 0 Å². The molecule has 1 aromatic carbocycles. The van der Waals surface area contributed by atoms with Gasteiger partial charge in [0.15, 0.2) is 0 Å². The Bertz CT molecular complexity index is 474. The highest BCUT2D eigenvalue weighted by molar-refractivity contribution is 6.30. The van der Waals surface area contributed by atoms with Gasteiger partial charge in [0.05, 0.1) is 12.2 Å². The lowest BCUT2D eigenvalue weighted by molar-refractivity contribution is 0.659. The van der Waals surface area contributed by atoms with Crippen LogP contribution >= 0.6 is 11.6 Å². The average molecular weight is 221 g/mol. The molecule has 0 aliphatic heterocycles. The molecular formula is C12H13ClN2. The number of hydrogen-bond donors (Lipinski definition) is 0. The molecule has 0 N–H and O–H groups in total. The molecule has 1 heterocycles. The van der Waals surface area contributed by atoms with E-state index >= 15 is 0 Å². The van der Waals surface area contributed by atoms with E-state index in [1.807, 2.05) is 29.8 Å². The van der Waals surface area contributed by atoms with Crippen LogP contribution in [0.5, 0.6) is 0 Å². The molecule has 2 aromatic rings. The molecule has 3 heteroatoms. The summed E-state index contributed by atoms with van der Waals surface area (Å²) in [4.78, 5) is 0. The van der Waals surface area contributed by atoms with E-state index in [1.54, 1.807) is 0 Å². The number of aryl methyl sites for hydroxylation is 2. The smallest absolute Gasteiger partial charge is 0.0663 e. The van der Waals surface area contributed by atoms with Gasteiger partial charge in [-0.25, -0.2) is 0 Å². The Hall–Kier alpha value is -1.28. The Balaban J connectivity index is 2.25. The molecule has 1 aromatic heterocycles. The maximum atomic E-state index is 5.93. The zero-order chi connectivity index (χ0) is 10.8. The highest BCUT2D eigenvalue weighted by Gasteiger charge is 2.01. The Labute approximate surface area is 94.5 Å². The molecule has 0 bridgehead atoms. The summed E-state index contributed by atoms with van der Waals surface area (Å²) in [6.45, 7) is 4.84. The van der Waals surface area contributed by atoms with E-state index in [4.69, 9.17) is 11.6 Å². The standard InChI is InChI=1S/C12H13ClN2/c1-9-6-10(2)15(14-9)8-11-4-3-5-12(13)7-11/h3-7H,8H2,1-2H3. The molecule has 78 valence electrons. The van der Waals surface area contributed by atoms with E-state index in [0.717, 1.165) is 17.3 Å². The van der Waals surface area contributed by atoms with Gasteiger partial charge in [-0.15, -0.1) is 0 Å². The predicted molar refractivity (Wildman–Crippen MR) is 62.3 cm³/mol. The van der Waals surface area contributed by atoms with Crippen molar-refractivity contribution in [2.75, 3.05) is 0 Å². The average Bonchev–Trinajstić information content (AvgIpc) is 2.45. The Morgan fingerprint density at radius 2 is 2.07 bits per heavy atom. The summed E-state index contributed by atoms with van der Waals surface area (Å²) in [5.41, 5.74) is 3.40. The maximum absolute atomic E-state index is 5.93. The lowest BCUT2D eigenvalue weighted by Gasteiger charge is -2.04. The van der Waals surface area contributed by atoms with Gasteiger partial charge in [0.1, 0.15) is 0 Å². The van der Waals surface area contributed by atoms with Gasteiger partial charge in [-0.3, -0.25) is 4.68 Å². The number of halogens is 1. The molecule has 0 atom stereocenters. The first-order chi connectivity index (χ1) is 7.15. The topological polar surface area (TPSA) is 17.8 Å². The van der Waals surface area contributed by atoms with Gasteiger partial charge in [0.2, 0.25) is 0 Å². The zero-order valence-electron chi connectivity index (χ0n) is 8.87. The van der Waals surface area contributed by atoms with Crippen molar-refractivity contribution in [1.29, 1.82) is 0 Å². The van der Waals surface area contributed by atoms with Crippen LogP contribution in [0.1, 0.15) is 17.0 Å². The number of nitrogens with zero attached hydrogens (tertiary/aromatic N) is 2.